The Morgan fingerprint density at radius 3 is 2.71 bits per heavy atom. The first-order chi connectivity index (χ1) is 10.1. The van der Waals surface area contributed by atoms with Gasteiger partial charge >= 0.3 is 0 Å². The Balaban J connectivity index is 2.04. The number of nitrogens with one attached hydrogen (secondary N) is 2. The Morgan fingerprint density at radius 1 is 1.05 bits per heavy atom. The molecule has 1 amide bonds. The number of rotatable bonds is 1. The maximum absolute atomic E-state index is 12.5. The summed E-state index contributed by atoms with van der Waals surface area (Å²) in [5.74, 6) is -0.406. The smallest absolute Gasteiger partial charge is 0.265 e. The molecule has 1 aliphatic rings. The minimum Gasteiger partial charge on any atom is -0.372 e. The van der Waals surface area contributed by atoms with Gasteiger partial charge in [0.25, 0.3) is 5.91 Å². The van der Waals surface area contributed by atoms with Gasteiger partial charge in [0.05, 0.1) is 5.69 Å². The Bertz CT molecular complexity index is 881. The molecule has 21 heavy (non-hydrogen) atoms. The van der Waals surface area contributed by atoms with Crippen molar-refractivity contribution >= 4 is 22.5 Å². The lowest BCUT2D eigenvalue weighted by Gasteiger charge is -2.20. The van der Waals surface area contributed by atoms with Crippen LogP contribution in [-0.2, 0) is 10.4 Å². The second-order valence-electron chi connectivity index (χ2n) is 5.41. The molecule has 1 aliphatic heterocycles. The number of aromatic nitrogens is 1. The number of anilines is 1. The Hall–Kier alpha value is -2.59. The summed E-state index contributed by atoms with van der Waals surface area (Å²) in [6.07, 6.45) is 1.71. The fourth-order valence-electron chi connectivity index (χ4n) is 3.10. The molecule has 0 bridgehead atoms. The van der Waals surface area contributed by atoms with Crippen LogP contribution in [0, 0.1) is 6.92 Å². The lowest BCUT2D eigenvalue weighted by atomic mass is 9.86. The zero-order chi connectivity index (χ0) is 14.6. The zero-order valence-corrected chi connectivity index (χ0v) is 11.5. The summed E-state index contributed by atoms with van der Waals surface area (Å²) in [6.45, 7) is 1.92. The molecule has 4 nitrogen and oxygen atoms in total. The van der Waals surface area contributed by atoms with E-state index in [1.807, 2.05) is 43.3 Å². The van der Waals surface area contributed by atoms with E-state index in [2.05, 4.69) is 10.3 Å². The van der Waals surface area contributed by atoms with Crippen molar-refractivity contribution in [1.29, 1.82) is 0 Å². The minimum atomic E-state index is -1.65. The number of aryl methyl sites for hydroxylation is 1. The highest BCUT2D eigenvalue weighted by Crippen LogP contribution is 2.44. The van der Waals surface area contributed by atoms with Gasteiger partial charge in [0.15, 0.2) is 5.60 Å². The molecular weight excluding hydrogens is 264 g/mol. The normalized spacial score (nSPS) is 20.6. The maximum Gasteiger partial charge on any atom is 0.265 e. The van der Waals surface area contributed by atoms with Crippen molar-refractivity contribution in [2.75, 3.05) is 5.32 Å². The fourth-order valence-corrected chi connectivity index (χ4v) is 3.10. The summed E-state index contributed by atoms with van der Waals surface area (Å²) in [4.78, 5) is 15.6. The van der Waals surface area contributed by atoms with Crippen LogP contribution in [-0.4, -0.2) is 16.0 Å². The molecule has 1 atom stereocenters. The van der Waals surface area contributed by atoms with E-state index in [9.17, 15) is 9.90 Å². The first-order valence-electron chi connectivity index (χ1n) is 6.83. The number of carbonyl (C=O) groups is 1. The molecule has 3 aromatic rings. The summed E-state index contributed by atoms with van der Waals surface area (Å²) in [7, 11) is 0. The number of hydrogen-bond donors (Lipinski definition) is 3. The van der Waals surface area contributed by atoms with Crippen molar-refractivity contribution in [1.82, 2.24) is 4.98 Å². The number of aliphatic hydroxyl groups is 1. The summed E-state index contributed by atoms with van der Waals surface area (Å²) in [6, 6.07) is 13.2. The van der Waals surface area contributed by atoms with E-state index in [-0.39, 0.29) is 0 Å². The molecule has 0 aliphatic carbocycles. The number of fused-ring (bicyclic) bond motifs is 2. The van der Waals surface area contributed by atoms with Crippen molar-refractivity contribution in [3.05, 3.63) is 65.4 Å². The summed E-state index contributed by atoms with van der Waals surface area (Å²) >= 11 is 0. The third-order valence-electron chi connectivity index (χ3n) is 4.21. The van der Waals surface area contributed by atoms with Gasteiger partial charge in [-0.15, -0.1) is 0 Å². The molecule has 2 aromatic carbocycles. The molecule has 2 heterocycles. The highest BCUT2D eigenvalue weighted by molar-refractivity contribution is 6.10. The topological polar surface area (TPSA) is 65.1 Å². The Kier molecular flexibility index (Phi) is 2.30. The molecule has 1 aromatic heterocycles. The van der Waals surface area contributed by atoms with Crippen LogP contribution in [0.1, 0.15) is 16.7 Å². The van der Waals surface area contributed by atoms with Gasteiger partial charge in [-0.1, -0.05) is 36.4 Å². The van der Waals surface area contributed by atoms with Crippen LogP contribution in [0.5, 0.6) is 0 Å². The molecule has 4 rings (SSSR count). The fraction of sp³-hybridized carbons (Fsp3) is 0.118. The van der Waals surface area contributed by atoms with E-state index in [4.69, 9.17) is 0 Å². The average Bonchev–Trinajstić information content (AvgIpc) is 3.02. The van der Waals surface area contributed by atoms with E-state index in [1.165, 1.54) is 0 Å². The second-order valence-corrected chi connectivity index (χ2v) is 5.41. The molecule has 1 unspecified atom stereocenters. The quantitative estimate of drug-likeness (QED) is 0.640. The van der Waals surface area contributed by atoms with Gasteiger partial charge in [-0.25, -0.2) is 0 Å². The van der Waals surface area contributed by atoms with Crippen LogP contribution < -0.4 is 5.32 Å². The predicted molar refractivity (Wildman–Crippen MR) is 81.1 cm³/mol. The largest absolute Gasteiger partial charge is 0.372 e. The first kappa shape index (κ1) is 12.2. The standard InChI is InChI=1S/C17H14N2O2/c1-10-5-4-7-12-15(10)19-16(20)17(12,21)13-9-18-14-8-3-2-6-11(13)14/h2-9,18,21H,1H3,(H,19,20). The van der Waals surface area contributed by atoms with Gasteiger partial charge in [0.2, 0.25) is 0 Å². The second kappa shape index (κ2) is 3.96. The van der Waals surface area contributed by atoms with Gasteiger partial charge in [-0.2, -0.15) is 0 Å². The van der Waals surface area contributed by atoms with Crippen LogP contribution in [0.25, 0.3) is 10.9 Å². The summed E-state index contributed by atoms with van der Waals surface area (Å²) < 4.78 is 0. The monoisotopic (exact) mass is 278 g/mol. The maximum atomic E-state index is 12.5. The van der Waals surface area contributed by atoms with Crippen molar-refractivity contribution in [3.63, 3.8) is 0 Å². The molecule has 104 valence electrons. The molecular formula is C17H14N2O2. The van der Waals surface area contributed by atoms with Gasteiger partial charge in [-0.05, 0) is 18.6 Å². The first-order valence-corrected chi connectivity index (χ1v) is 6.83. The number of amides is 1. The van der Waals surface area contributed by atoms with E-state index in [1.54, 1.807) is 12.3 Å². The van der Waals surface area contributed by atoms with Crippen molar-refractivity contribution < 1.29 is 9.90 Å². The molecule has 0 spiro atoms. The Labute approximate surface area is 121 Å². The molecule has 0 radical (unpaired) electrons. The van der Waals surface area contributed by atoms with Crippen molar-refractivity contribution in [2.45, 2.75) is 12.5 Å². The van der Waals surface area contributed by atoms with Crippen LogP contribution >= 0.6 is 0 Å². The van der Waals surface area contributed by atoms with Crippen LogP contribution in [0.2, 0.25) is 0 Å². The SMILES string of the molecule is Cc1cccc2c1NC(=O)C2(O)c1c[nH]c2ccccc12. The highest BCUT2D eigenvalue weighted by Gasteiger charge is 2.48. The number of carbonyl (C=O) groups excluding carboxylic acids is 1. The van der Waals surface area contributed by atoms with Gasteiger partial charge in [0.1, 0.15) is 0 Å². The van der Waals surface area contributed by atoms with E-state index >= 15 is 0 Å². The number of hydrogen-bond acceptors (Lipinski definition) is 2. The van der Waals surface area contributed by atoms with E-state index in [0.29, 0.717) is 16.8 Å². The summed E-state index contributed by atoms with van der Waals surface area (Å²) in [5.41, 5.74) is 2.08. The predicted octanol–water partition coefficient (Wildman–Crippen LogP) is 2.66. The van der Waals surface area contributed by atoms with Gasteiger partial charge in [-0.3, -0.25) is 4.79 Å². The average molecular weight is 278 g/mol. The molecule has 0 saturated heterocycles. The highest BCUT2D eigenvalue weighted by atomic mass is 16.3. The third-order valence-corrected chi connectivity index (χ3v) is 4.21. The van der Waals surface area contributed by atoms with E-state index in [0.717, 1.165) is 16.5 Å². The van der Waals surface area contributed by atoms with E-state index < -0.39 is 11.5 Å². The third kappa shape index (κ3) is 1.45. The van der Waals surface area contributed by atoms with Crippen molar-refractivity contribution in [3.8, 4) is 0 Å². The van der Waals surface area contributed by atoms with Crippen LogP contribution in [0.15, 0.2) is 48.7 Å². The van der Waals surface area contributed by atoms with Gasteiger partial charge < -0.3 is 15.4 Å². The number of aromatic amines is 1. The Morgan fingerprint density at radius 2 is 1.86 bits per heavy atom. The van der Waals surface area contributed by atoms with Gasteiger partial charge in [0, 0.05) is 28.2 Å². The van der Waals surface area contributed by atoms with Crippen molar-refractivity contribution in [2.24, 2.45) is 0 Å². The number of H-pyrrole nitrogens is 1. The summed E-state index contributed by atoms with van der Waals surface area (Å²) in [5, 5.41) is 14.8. The van der Waals surface area contributed by atoms with Crippen LogP contribution in [0.4, 0.5) is 5.69 Å². The zero-order valence-electron chi connectivity index (χ0n) is 11.5. The number of benzene rings is 2. The molecule has 0 saturated carbocycles. The number of para-hydroxylation sites is 2. The lowest BCUT2D eigenvalue weighted by Crippen LogP contribution is -2.35. The minimum absolute atomic E-state index is 0.406. The molecule has 0 fully saturated rings. The molecule has 3 N–H and O–H groups in total. The molecule has 4 heteroatoms. The lowest BCUT2D eigenvalue weighted by molar-refractivity contribution is -0.129. The van der Waals surface area contributed by atoms with Crippen LogP contribution in [0.3, 0.4) is 0 Å².